The number of nitrogens with one attached hydrogen (secondary N) is 1. The van der Waals surface area contributed by atoms with E-state index in [0.29, 0.717) is 16.7 Å². The number of rotatable bonds is 8. The number of para-hydroxylation sites is 1. The summed E-state index contributed by atoms with van der Waals surface area (Å²) in [6, 6.07) is 23.4. The molecule has 0 aliphatic rings. The molecule has 34 heavy (non-hydrogen) atoms. The van der Waals surface area contributed by atoms with Gasteiger partial charge in [0, 0.05) is 23.4 Å². The number of nitrogens with zero attached hydrogens (tertiary/aromatic N) is 4. The predicted molar refractivity (Wildman–Crippen MR) is 130 cm³/mol. The van der Waals surface area contributed by atoms with Gasteiger partial charge < -0.3 is 10.1 Å². The van der Waals surface area contributed by atoms with Crippen LogP contribution in [0.5, 0.6) is 5.75 Å². The maximum Gasteiger partial charge on any atom is 0.271 e. The number of nitro benzene ring substituents is 1. The summed E-state index contributed by atoms with van der Waals surface area (Å²) in [6.07, 6.45) is 0. The van der Waals surface area contributed by atoms with Crippen LogP contribution >= 0.6 is 11.8 Å². The van der Waals surface area contributed by atoms with Gasteiger partial charge in [0.05, 0.1) is 23.0 Å². The fourth-order valence-electron chi connectivity index (χ4n) is 3.28. The number of aromatic nitrogens is 3. The van der Waals surface area contributed by atoms with Gasteiger partial charge in [0.15, 0.2) is 11.0 Å². The van der Waals surface area contributed by atoms with Crippen molar-refractivity contribution in [2.75, 3.05) is 12.4 Å². The fourth-order valence-corrected chi connectivity index (χ4v) is 4.15. The average molecular weight is 476 g/mol. The third-order valence-electron chi connectivity index (χ3n) is 4.98. The third-order valence-corrected chi connectivity index (χ3v) is 6.03. The molecule has 4 rings (SSSR count). The molecule has 0 aliphatic carbocycles. The number of anilines is 1. The van der Waals surface area contributed by atoms with Crippen LogP contribution in [0.3, 0.4) is 0 Å². The molecule has 172 valence electrons. The Bertz CT molecular complexity index is 1310. The van der Waals surface area contributed by atoms with E-state index in [9.17, 15) is 14.9 Å². The highest BCUT2D eigenvalue weighted by Crippen LogP contribution is 2.32. The summed E-state index contributed by atoms with van der Waals surface area (Å²) < 4.78 is 7.14. The molecule has 4 aromatic rings. The Morgan fingerprint density at radius 3 is 2.38 bits per heavy atom. The molecule has 0 aliphatic heterocycles. The van der Waals surface area contributed by atoms with Crippen LogP contribution in [0.1, 0.15) is 6.92 Å². The number of ether oxygens (including phenoxy) is 1. The Balaban J connectivity index is 1.62. The van der Waals surface area contributed by atoms with E-state index in [1.54, 1.807) is 6.92 Å². The fraction of sp³-hybridized carbons (Fsp3) is 0.125. The van der Waals surface area contributed by atoms with Crippen molar-refractivity contribution in [3.63, 3.8) is 0 Å². The van der Waals surface area contributed by atoms with Crippen molar-refractivity contribution < 1.29 is 14.5 Å². The minimum Gasteiger partial charge on any atom is -0.495 e. The number of hydrogen-bond acceptors (Lipinski definition) is 7. The summed E-state index contributed by atoms with van der Waals surface area (Å²) in [4.78, 5) is 23.6. The van der Waals surface area contributed by atoms with Gasteiger partial charge in [-0.3, -0.25) is 19.5 Å². The summed E-state index contributed by atoms with van der Waals surface area (Å²) >= 11 is 1.23. The normalized spacial score (nSPS) is 11.6. The third kappa shape index (κ3) is 4.91. The minimum atomic E-state index is -0.584. The van der Waals surface area contributed by atoms with E-state index in [4.69, 9.17) is 4.74 Å². The lowest BCUT2D eigenvalue weighted by molar-refractivity contribution is -0.384. The largest absolute Gasteiger partial charge is 0.495 e. The van der Waals surface area contributed by atoms with Gasteiger partial charge in [-0.2, -0.15) is 0 Å². The van der Waals surface area contributed by atoms with E-state index >= 15 is 0 Å². The molecule has 3 aromatic carbocycles. The van der Waals surface area contributed by atoms with E-state index in [1.165, 1.54) is 37.1 Å². The zero-order chi connectivity index (χ0) is 24.1. The maximum absolute atomic E-state index is 13.0. The molecule has 0 spiro atoms. The van der Waals surface area contributed by atoms with Crippen molar-refractivity contribution in [1.29, 1.82) is 0 Å². The molecular weight excluding hydrogens is 454 g/mol. The molecule has 10 heteroatoms. The number of hydrogen-bond donors (Lipinski definition) is 1. The molecule has 0 saturated carbocycles. The van der Waals surface area contributed by atoms with Crippen LogP contribution < -0.4 is 10.1 Å². The highest BCUT2D eigenvalue weighted by atomic mass is 32.2. The lowest BCUT2D eigenvalue weighted by atomic mass is 10.2. The molecule has 1 aromatic heterocycles. The van der Waals surface area contributed by atoms with Gasteiger partial charge >= 0.3 is 0 Å². The molecule has 0 saturated heterocycles. The number of amides is 1. The molecule has 9 nitrogen and oxygen atoms in total. The Labute approximate surface area is 199 Å². The Hall–Kier alpha value is -4.18. The Kier molecular flexibility index (Phi) is 6.88. The lowest BCUT2D eigenvalue weighted by Gasteiger charge is -2.15. The van der Waals surface area contributed by atoms with Crippen molar-refractivity contribution in [3.05, 3.63) is 89.0 Å². The van der Waals surface area contributed by atoms with Gasteiger partial charge in [-0.15, -0.1) is 10.2 Å². The monoisotopic (exact) mass is 475 g/mol. The van der Waals surface area contributed by atoms with Crippen LogP contribution in [0, 0.1) is 10.1 Å². The highest BCUT2D eigenvalue weighted by molar-refractivity contribution is 8.00. The van der Waals surface area contributed by atoms with E-state index in [-0.39, 0.29) is 17.3 Å². The van der Waals surface area contributed by atoms with Crippen molar-refractivity contribution in [1.82, 2.24) is 14.8 Å². The number of benzene rings is 3. The first-order valence-electron chi connectivity index (χ1n) is 10.3. The second-order valence-electron chi connectivity index (χ2n) is 7.23. The number of nitro groups is 1. The Morgan fingerprint density at radius 2 is 1.74 bits per heavy atom. The van der Waals surface area contributed by atoms with Crippen LogP contribution in [-0.2, 0) is 4.79 Å². The average Bonchev–Trinajstić information content (AvgIpc) is 3.28. The molecule has 1 heterocycles. The van der Waals surface area contributed by atoms with Gasteiger partial charge in [0.2, 0.25) is 5.91 Å². The zero-order valence-corrected chi connectivity index (χ0v) is 19.2. The van der Waals surface area contributed by atoms with Crippen LogP contribution in [0.2, 0.25) is 0 Å². The van der Waals surface area contributed by atoms with Gasteiger partial charge in [-0.25, -0.2) is 0 Å². The summed E-state index contributed by atoms with van der Waals surface area (Å²) in [5.41, 5.74) is 1.84. The van der Waals surface area contributed by atoms with E-state index in [2.05, 4.69) is 15.5 Å². The summed E-state index contributed by atoms with van der Waals surface area (Å²) in [6.45, 7) is 1.73. The molecule has 0 fully saturated rings. The van der Waals surface area contributed by atoms with Crippen LogP contribution in [0.4, 0.5) is 11.4 Å². The smallest absolute Gasteiger partial charge is 0.271 e. The van der Waals surface area contributed by atoms with Crippen molar-refractivity contribution in [2.24, 2.45) is 0 Å². The van der Waals surface area contributed by atoms with E-state index in [0.717, 1.165) is 11.3 Å². The molecule has 0 radical (unpaired) electrons. The second kappa shape index (κ2) is 10.2. The predicted octanol–water partition coefficient (Wildman–Crippen LogP) is 4.97. The lowest BCUT2D eigenvalue weighted by Crippen LogP contribution is -2.23. The molecule has 0 bridgehead atoms. The van der Waals surface area contributed by atoms with Gasteiger partial charge in [0.1, 0.15) is 5.75 Å². The highest BCUT2D eigenvalue weighted by Gasteiger charge is 2.23. The first-order valence-corrected chi connectivity index (χ1v) is 11.2. The second-order valence-corrected chi connectivity index (χ2v) is 8.54. The van der Waals surface area contributed by atoms with Crippen LogP contribution in [0.25, 0.3) is 17.1 Å². The number of methoxy groups -OCH3 is 1. The SMILES string of the molecule is COc1ccc([N+](=O)[O-])cc1NC(=O)[C@H](C)Sc1nnc(-c2ccccc2)n1-c1ccccc1. The zero-order valence-electron chi connectivity index (χ0n) is 18.4. The molecule has 0 unspecified atom stereocenters. The first kappa shape index (κ1) is 23.0. The van der Waals surface area contributed by atoms with Crippen molar-refractivity contribution >= 4 is 29.0 Å². The first-order chi connectivity index (χ1) is 16.5. The quantitative estimate of drug-likeness (QED) is 0.217. The number of carbonyl (C=O) groups is 1. The van der Waals surface area contributed by atoms with Crippen molar-refractivity contribution in [3.8, 4) is 22.8 Å². The van der Waals surface area contributed by atoms with Gasteiger partial charge in [-0.05, 0) is 25.1 Å². The van der Waals surface area contributed by atoms with Crippen molar-refractivity contribution in [2.45, 2.75) is 17.3 Å². The molecule has 1 atom stereocenters. The van der Waals surface area contributed by atoms with E-state index < -0.39 is 10.2 Å². The summed E-state index contributed by atoms with van der Waals surface area (Å²) in [7, 11) is 1.43. The van der Waals surface area contributed by atoms with E-state index in [1.807, 2.05) is 65.2 Å². The Morgan fingerprint density at radius 1 is 1.06 bits per heavy atom. The number of non-ortho nitro benzene ring substituents is 1. The number of thioether (sulfide) groups is 1. The molecular formula is C24H21N5O4S. The number of carbonyl (C=O) groups excluding carboxylic acids is 1. The minimum absolute atomic E-state index is 0.146. The summed E-state index contributed by atoms with van der Waals surface area (Å²) in [5, 5.41) is 22.6. The summed E-state index contributed by atoms with van der Waals surface area (Å²) in [5.74, 6) is 0.630. The van der Waals surface area contributed by atoms with Gasteiger partial charge in [-0.1, -0.05) is 60.3 Å². The topological polar surface area (TPSA) is 112 Å². The molecule has 1 N–H and O–H groups in total. The van der Waals surface area contributed by atoms with Crippen LogP contribution in [-0.4, -0.2) is 38.0 Å². The maximum atomic E-state index is 13.0. The standard InChI is InChI=1S/C24H21N5O4S/c1-16(23(30)25-20-15-19(29(31)32)13-14-21(20)33-2)34-24-27-26-22(17-9-5-3-6-10-17)28(24)18-11-7-4-8-12-18/h3-16H,1-2H3,(H,25,30)/t16-/m0/s1. The van der Waals surface area contributed by atoms with Crippen LogP contribution in [0.15, 0.2) is 84.0 Å². The van der Waals surface area contributed by atoms with Gasteiger partial charge in [0.25, 0.3) is 5.69 Å². The molecule has 1 amide bonds.